The standard InChI is InChI=1S/C12H12O5/c1-8(13)7-16-12(15)10-5-3-4-6-11(10)17-9(2)14/h3-6H,7H2,1-2H3. The topological polar surface area (TPSA) is 69.7 Å². The van der Waals surface area contributed by atoms with Crippen LogP contribution in [-0.4, -0.2) is 24.3 Å². The average molecular weight is 236 g/mol. The number of ether oxygens (including phenoxy) is 2. The molecule has 0 atom stereocenters. The summed E-state index contributed by atoms with van der Waals surface area (Å²) in [6.07, 6.45) is 0. The monoisotopic (exact) mass is 236 g/mol. The number of para-hydroxylation sites is 1. The van der Waals surface area contributed by atoms with Gasteiger partial charge in [0.05, 0.1) is 0 Å². The van der Waals surface area contributed by atoms with Crippen LogP contribution in [0.1, 0.15) is 24.2 Å². The first kappa shape index (κ1) is 12.9. The smallest absolute Gasteiger partial charge is 0.342 e. The molecule has 1 aromatic carbocycles. The fraction of sp³-hybridized carbons (Fsp3) is 0.250. The number of ketones is 1. The van der Waals surface area contributed by atoms with Crippen molar-refractivity contribution in [2.45, 2.75) is 13.8 Å². The minimum absolute atomic E-state index is 0.115. The Balaban J connectivity index is 2.85. The van der Waals surface area contributed by atoms with Crippen LogP contribution in [0.5, 0.6) is 5.75 Å². The van der Waals surface area contributed by atoms with E-state index in [1.165, 1.54) is 26.0 Å². The molecule has 0 aliphatic rings. The van der Waals surface area contributed by atoms with Crippen molar-refractivity contribution in [3.05, 3.63) is 29.8 Å². The van der Waals surface area contributed by atoms with Gasteiger partial charge in [-0.3, -0.25) is 9.59 Å². The summed E-state index contributed by atoms with van der Waals surface area (Å²) in [5, 5.41) is 0. The SMILES string of the molecule is CC(=O)COC(=O)c1ccccc1OC(C)=O. The van der Waals surface area contributed by atoms with Crippen LogP contribution in [0.4, 0.5) is 0 Å². The van der Waals surface area contributed by atoms with E-state index in [4.69, 9.17) is 9.47 Å². The van der Waals surface area contributed by atoms with Gasteiger partial charge >= 0.3 is 11.9 Å². The lowest BCUT2D eigenvalue weighted by atomic mass is 10.2. The predicted molar refractivity (Wildman–Crippen MR) is 58.7 cm³/mol. The number of carbonyl (C=O) groups excluding carboxylic acids is 3. The highest BCUT2D eigenvalue weighted by molar-refractivity contribution is 5.94. The molecule has 5 nitrogen and oxygen atoms in total. The zero-order valence-corrected chi connectivity index (χ0v) is 9.56. The molecule has 0 saturated heterocycles. The van der Waals surface area contributed by atoms with Gasteiger partial charge in [-0.15, -0.1) is 0 Å². The third-order valence-electron chi connectivity index (χ3n) is 1.77. The highest BCUT2D eigenvalue weighted by Crippen LogP contribution is 2.19. The predicted octanol–water partition coefficient (Wildman–Crippen LogP) is 1.36. The summed E-state index contributed by atoms with van der Waals surface area (Å²) in [7, 11) is 0. The lowest BCUT2D eigenvalue weighted by Gasteiger charge is -2.07. The summed E-state index contributed by atoms with van der Waals surface area (Å²) in [6.45, 7) is 2.25. The third-order valence-corrected chi connectivity index (χ3v) is 1.77. The Bertz CT molecular complexity index is 450. The van der Waals surface area contributed by atoms with Crippen molar-refractivity contribution in [2.75, 3.05) is 6.61 Å². The Hall–Kier alpha value is -2.17. The zero-order valence-electron chi connectivity index (χ0n) is 9.56. The molecule has 0 bridgehead atoms. The number of rotatable bonds is 4. The first-order chi connectivity index (χ1) is 8.00. The van der Waals surface area contributed by atoms with Crippen molar-refractivity contribution >= 4 is 17.7 Å². The number of esters is 2. The maximum atomic E-state index is 11.6. The van der Waals surface area contributed by atoms with E-state index in [0.717, 1.165) is 0 Å². The molecular formula is C12H12O5. The second-order valence-electron chi connectivity index (χ2n) is 3.37. The van der Waals surface area contributed by atoms with Crippen LogP contribution in [0, 0.1) is 0 Å². The van der Waals surface area contributed by atoms with Crippen LogP contribution in [0.3, 0.4) is 0 Å². The van der Waals surface area contributed by atoms with Crippen molar-refractivity contribution in [1.29, 1.82) is 0 Å². The summed E-state index contributed by atoms with van der Waals surface area (Å²) in [5.41, 5.74) is 0.115. The summed E-state index contributed by atoms with van der Waals surface area (Å²) in [4.78, 5) is 33.1. The molecule has 0 aliphatic heterocycles. The van der Waals surface area contributed by atoms with E-state index in [9.17, 15) is 14.4 Å². The number of Topliss-reactive ketones (excluding diaryl/α,β-unsaturated/α-hetero) is 1. The van der Waals surface area contributed by atoms with Crippen LogP contribution >= 0.6 is 0 Å². The summed E-state index contributed by atoms with van der Waals surface area (Å²) < 4.78 is 9.58. The highest BCUT2D eigenvalue weighted by Gasteiger charge is 2.15. The zero-order chi connectivity index (χ0) is 12.8. The van der Waals surface area contributed by atoms with Crippen LogP contribution in [0.25, 0.3) is 0 Å². The van der Waals surface area contributed by atoms with Gasteiger partial charge in [0.15, 0.2) is 5.78 Å². The molecule has 0 radical (unpaired) electrons. The molecule has 0 fully saturated rings. The van der Waals surface area contributed by atoms with Gasteiger partial charge in [0.2, 0.25) is 0 Å². The molecule has 0 saturated carbocycles. The molecular weight excluding hydrogens is 224 g/mol. The van der Waals surface area contributed by atoms with Crippen molar-refractivity contribution in [3.8, 4) is 5.75 Å². The van der Waals surface area contributed by atoms with E-state index in [0.29, 0.717) is 0 Å². The van der Waals surface area contributed by atoms with Gasteiger partial charge in [-0.05, 0) is 19.1 Å². The molecule has 1 rings (SSSR count). The normalized spacial score (nSPS) is 9.53. The Morgan fingerprint density at radius 1 is 1.12 bits per heavy atom. The Labute approximate surface area is 98.3 Å². The van der Waals surface area contributed by atoms with Crippen LogP contribution in [-0.2, 0) is 14.3 Å². The second kappa shape index (κ2) is 5.79. The fourth-order valence-electron chi connectivity index (χ4n) is 1.12. The van der Waals surface area contributed by atoms with E-state index in [1.54, 1.807) is 12.1 Å². The van der Waals surface area contributed by atoms with Crippen LogP contribution < -0.4 is 4.74 Å². The van der Waals surface area contributed by atoms with Gasteiger partial charge < -0.3 is 9.47 Å². The lowest BCUT2D eigenvalue weighted by Crippen LogP contribution is -2.13. The van der Waals surface area contributed by atoms with Gasteiger partial charge in [-0.25, -0.2) is 4.79 Å². The van der Waals surface area contributed by atoms with E-state index < -0.39 is 11.9 Å². The number of benzene rings is 1. The van der Waals surface area contributed by atoms with Crippen molar-refractivity contribution in [3.63, 3.8) is 0 Å². The molecule has 1 aromatic rings. The fourth-order valence-corrected chi connectivity index (χ4v) is 1.12. The molecule has 0 spiro atoms. The Morgan fingerprint density at radius 2 is 1.76 bits per heavy atom. The largest absolute Gasteiger partial charge is 0.454 e. The molecule has 0 unspecified atom stereocenters. The van der Waals surface area contributed by atoms with Crippen molar-refractivity contribution in [2.24, 2.45) is 0 Å². The van der Waals surface area contributed by atoms with E-state index in [2.05, 4.69) is 0 Å². The first-order valence-corrected chi connectivity index (χ1v) is 4.94. The van der Waals surface area contributed by atoms with Gasteiger partial charge in [0.25, 0.3) is 0 Å². The van der Waals surface area contributed by atoms with Gasteiger partial charge in [0.1, 0.15) is 17.9 Å². The quantitative estimate of drug-likeness (QED) is 0.583. The minimum Gasteiger partial charge on any atom is -0.454 e. The second-order valence-corrected chi connectivity index (χ2v) is 3.37. The van der Waals surface area contributed by atoms with Crippen LogP contribution in [0.2, 0.25) is 0 Å². The van der Waals surface area contributed by atoms with Crippen LogP contribution in [0.15, 0.2) is 24.3 Å². The minimum atomic E-state index is -0.697. The number of hydrogen-bond acceptors (Lipinski definition) is 5. The summed E-state index contributed by atoms with van der Waals surface area (Å²) in [5.74, 6) is -1.37. The molecule has 17 heavy (non-hydrogen) atoms. The van der Waals surface area contributed by atoms with E-state index in [-0.39, 0.29) is 23.7 Å². The highest BCUT2D eigenvalue weighted by atomic mass is 16.5. The molecule has 0 amide bonds. The molecule has 5 heteroatoms. The summed E-state index contributed by atoms with van der Waals surface area (Å²) in [6, 6.07) is 6.17. The average Bonchev–Trinajstić information content (AvgIpc) is 2.25. The van der Waals surface area contributed by atoms with Gasteiger partial charge in [-0.1, -0.05) is 12.1 Å². The van der Waals surface area contributed by atoms with E-state index in [1.807, 2.05) is 0 Å². The van der Waals surface area contributed by atoms with E-state index >= 15 is 0 Å². The van der Waals surface area contributed by atoms with Crippen molar-refractivity contribution in [1.82, 2.24) is 0 Å². The third kappa shape index (κ3) is 4.06. The number of carbonyl (C=O) groups is 3. The first-order valence-electron chi connectivity index (χ1n) is 4.94. The Morgan fingerprint density at radius 3 is 2.35 bits per heavy atom. The maximum Gasteiger partial charge on any atom is 0.342 e. The Kier molecular flexibility index (Phi) is 4.39. The number of hydrogen-bond donors (Lipinski definition) is 0. The van der Waals surface area contributed by atoms with Crippen molar-refractivity contribution < 1.29 is 23.9 Å². The van der Waals surface area contributed by atoms with Gasteiger partial charge in [-0.2, -0.15) is 0 Å². The molecule has 0 heterocycles. The molecule has 0 aliphatic carbocycles. The van der Waals surface area contributed by atoms with Gasteiger partial charge in [0, 0.05) is 6.92 Å². The maximum absolute atomic E-state index is 11.6. The summed E-state index contributed by atoms with van der Waals surface area (Å²) >= 11 is 0. The molecule has 0 N–H and O–H groups in total. The molecule has 0 aromatic heterocycles. The molecule has 90 valence electrons. The lowest BCUT2D eigenvalue weighted by molar-refractivity contribution is -0.132.